The maximum absolute atomic E-state index is 14.1. The highest BCUT2D eigenvalue weighted by atomic mass is 35.5. The molecule has 0 spiro atoms. The molecular formula is C24H19Cl2F3N2O4. The molecule has 2 N–H and O–H groups in total. The molecule has 35 heavy (non-hydrogen) atoms. The number of methoxy groups -OCH3 is 1. The maximum atomic E-state index is 14.1. The highest BCUT2D eigenvalue weighted by Crippen LogP contribution is 2.50. The molecule has 0 fully saturated rings. The van der Waals surface area contributed by atoms with Crippen molar-refractivity contribution in [2.24, 2.45) is 0 Å². The maximum Gasteiger partial charge on any atom is 0.422 e. The van der Waals surface area contributed by atoms with Gasteiger partial charge in [-0.25, -0.2) is 9.78 Å². The molecule has 3 aromatic rings. The highest BCUT2D eigenvalue weighted by molar-refractivity contribution is 6.32. The number of hydrogen-bond acceptors (Lipinski definition) is 5. The summed E-state index contributed by atoms with van der Waals surface area (Å²) in [5.74, 6) is -2.77. The van der Waals surface area contributed by atoms with E-state index in [9.17, 15) is 27.9 Å². The smallest absolute Gasteiger partial charge is 0.422 e. The summed E-state index contributed by atoms with van der Waals surface area (Å²) >= 11 is 12.0. The molecule has 1 amide bonds. The Morgan fingerprint density at radius 3 is 2.37 bits per heavy atom. The van der Waals surface area contributed by atoms with Crippen molar-refractivity contribution in [3.05, 3.63) is 93.2 Å². The van der Waals surface area contributed by atoms with Gasteiger partial charge in [0.25, 0.3) is 5.91 Å². The third-order valence-corrected chi connectivity index (χ3v) is 6.03. The van der Waals surface area contributed by atoms with E-state index in [0.29, 0.717) is 5.69 Å². The second kappa shape index (κ2) is 10.2. The second-order valence-electron chi connectivity index (χ2n) is 7.62. The van der Waals surface area contributed by atoms with E-state index < -0.39 is 35.1 Å². The number of aromatic nitrogens is 1. The summed E-state index contributed by atoms with van der Waals surface area (Å²) < 4.78 is 46.9. The first kappa shape index (κ1) is 26.5. The fourth-order valence-electron chi connectivity index (χ4n) is 3.59. The van der Waals surface area contributed by atoms with Crippen molar-refractivity contribution in [2.45, 2.75) is 24.6 Å². The van der Waals surface area contributed by atoms with Gasteiger partial charge in [-0.2, -0.15) is 13.2 Å². The van der Waals surface area contributed by atoms with Crippen molar-refractivity contribution in [1.82, 2.24) is 4.98 Å². The number of halogens is 5. The fraction of sp³-hybridized carbons (Fsp3) is 0.208. The Hall–Kier alpha value is -3.14. The minimum atomic E-state index is -5.08. The van der Waals surface area contributed by atoms with E-state index in [-0.39, 0.29) is 26.9 Å². The second-order valence-corrected chi connectivity index (χ2v) is 8.41. The van der Waals surface area contributed by atoms with Crippen LogP contribution in [0.5, 0.6) is 0 Å². The summed E-state index contributed by atoms with van der Waals surface area (Å²) in [6, 6.07) is 11.7. The molecule has 6 nitrogen and oxygen atoms in total. The zero-order valence-electron chi connectivity index (χ0n) is 18.4. The molecule has 2 unspecified atom stereocenters. The van der Waals surface area contributed by atoms with Crippen molar-refractivity contribution < 1.29 is 32.6 Å². The van der Waals surface area contributed by atoms with Gasteiger partial charge in [-0.1, -0.05) is 42.3 Å². The molecule has 0 aliphatic carbocycles. The van der Waals surface area contributed by atoms with Crippen LogP contribution in [0.4, 0.5) is 18.9 Å². The lowest BCUT2D eigenvalue weighted by molar-refractivity contribution is -0.274. The Kier molecular flexibility index (Phi) is 7.74. The molecule has 0 bridgehead atoms. The fourth-order valence-corrected chi connectivity index (χ4v) is 4.11. The number of ether oxygens (including phenoxy) is 1. The van der Waals surface area contributed by atoms with Gasteiger partial charge in [0, 0.05) is 28.4 Å². The summed E-state index contributed by atoms with van der Waals surface area (Å²) in [6.07, 6.45) is -4.02. The number of nitrogens with zero attached hydrogens (tertiary/aromatic N) is 1. The van der Waals surface area contributed by atoms with Crippen LogP contribution in [-0.4, -0.2) is 35.3 Å². The molecule has 1 heterocycles. The summed E-state index contributed by atoms with van der Waals surface area (Å²) in [5, 5.41) is 13.1. The van der Waals surface area contributed by atoms with Crippen LogP contribution in [0.25, 0.3) is 0 Å². The minimum Gasteiger partial charge on any atom is -0.465 e. The van der Waals surface area contributed by atoms with E-state index in [2.05, 4.69) is 15.0 Å². The molecule has 0 aliphatic rings. The van der Waals surface area contributed by atoms with Gasteiger partial charge in [0.1, 0.15) is 5.15 Å². The van der Waals surface area contributed by atoms with E-state index in [1.807, 2.05) is 0 Å². The zero-order chi connectivity index (χ0) is 26.0. The van der Waals surface area contributed by atoms with Gasteiger partial charge in [-0.05, 0) is 53.6 Å². The molecule has 2 atom stereocenters. The first-order valence-corrected chi connectivity index (χ1v) is 10.8. The Labute approximate surface area is 208 Å². The number of benzene rings is 2. The standard InChI is InChI=1S/C24H19Cl2F3N2O4/c1-13(23(34,24(27,28)29)16-8-9-30-20(26)12-16)18-7-6-14(11-19(18)25)21(32)31-17-5-3-4-15(10-17)22(33)35-2/h3-13,34H,1-2H3,(H,31,32). The number of anilines is 1. The Bertz CT molecular complexity index is 1270. The van der Waals surface area contributed by atoms with Gasteiger partial charge in [0.2, 0.25) is 0 Å². The molecule has 0 radical (unpaired) electrons. The average molecular weight is 527 g/mol. The number of esters is 1. The molecule has 11 heteroatoms. The van der Waals surface area contributed by atoms with E-state index >= 15 is 0 Å². The van der Waals surface area contributed by atoms with Gasteiger partial charge in [-0.3, -0.25) is 4.79 Å². The summed E-state index contributed by atoms with van der Waals surface area (Å²) in [6.45, 7) is 1.17. The van der Waals surface area contributed by atoms with Crippen LogP contribution in [0.3, 0.4) is 0 Å². The SMILES string of the molecule is COC(=O)c1cccc(NC(=O)c2ccc(C(C)C(O)(c3ccnc(Cl)c3)C(F)(F)F)c(Cl)c2)c1. The molecule has 0 saturated heterocycles. The number of nitrogens with one attached hydrogen (secondary N) is 1. The van der Waals surface area contributed by atoms with Crippen molar-refractivity contribution in [2.75, 3.05) is 12.4 Å². The van der Waals surface area contributed by atoms with Crippen molar-refractivity contribution in [1.29, 1.82) is 0 Å². The topological polar surface area (TPSA) is 88.5 Å². The van der Waals surface area contributed by atoms with Crippen LogP contribution in [0.2, 0.25) is 10.2 Å². The Balaban J connectivity index is 1.92. The van der Waals surface area contributed by atoms with Gasteiger partial charge in [0.05, 0.1) is 12.7 Å². The number of carbonyl (C=O) groups is 2. The minimum absolute atomic E-state index is 0.0383. The molecule has 3 rings (SSSR count). The number of amides is 1. The first-order chi connectivity index (χ1) is 16.4. The molecular weight excluding hydrogens is 508 g/mol. The van der Waals surface area contributed by atoms with Crippen LogP contribution in [-0.2, 0) is 10.3 Å². The van der Waals surface area contributed by atoms with E-state index in [0.717, 1.165) is 18.3 Å². The molecule has 1 aromatic heterocycles. The van der Waals surface area contributed by atoms with Gasteiger partial charge in [-0.15, -0.1) is 0 Å². The van der Waals surface area contributed by atoms with Crippen molar-refractivity contribution in [3.8, 4) is 0 Å². The average Bonchev–Trinajstić information content (AvgIpc) is 2.81. The van der Waals surface area contributed by atoms with E-state index in [1.165, 1.54) is 44.4 Å². The Morgan fingerprint density at radius 2 is 1.77 bits per heavy atom. The van der Waals surface area contributed by atoms with Crippen LogP contribution in [0, 0.1) is 0 Å². The lowest BCUT2D eigenvalue weighted by Crippen LogP contribution is -2.46. The molecule has 2 aromatic carbocycles. The van der Waals surface area contributed by atoms with Crippen molar-refractivity contribution >= 4 is 40.8 Å². The van der Waals surface area contributed by atoms with E-state index in [1.54, 1.807) is 12.1 Å². The normalized spacial score (nSPS) is 14.1. The van der Waals surface area contributed by atoms with Gasteiger partial charge >= 0.3 is 12.1 Å². The quantitative estimate of drug-likeness (QED) is 0.304. The number of alkyl halides is 3. The van der Waals surface area contributed by atoms with Crippen LogP contribution in [0.1, 0.15) is 44.7 Å². The third-order valence-electron chi connectivity index (χ3n) is 5.50. The van der Waals surface area contributed by atoms with Gasteiger partial charge in [0.15, 0.2) is 5.60 Å². The van der Waals surface area contributed by atoms with E-state index in [4.69, 9.17) is 23.2 Å². The lowest BCUT2D eigenvalue weighted by atomic mass is 9.78. The van der Waals surface area contributed by atoms with Gasteiger partial charge < -0.3 is 15.2 Å². The zero-order valence-corrected chi connectivity index (χ0v) is 19.9. The predicted molar refractivity (Wildman–Crippen MR) is 125 cm³/mol. The highest BCUT2D eigenvalue weighted by Gasteiger charge is 2.59. The van der Waals surface area contributed by atoms with Crippen LogP contribution < -0.4 is 5.32 Å². The van der Waals surface area contributed by atoms with Crippen LogP contribution in [0.15, 0.2) is 60.8 Å². The predicted octanol–water partition coefficient (Wildman–Crippen LogP) is 5.98. The number of pyridine rings is 1. The largest absolute Gasteiger partial charge is 0.465 e. The number of aliphatic hydroxyl groups is 1. The molecule has 184 valence electrons. The number of hydrogen-bond donors (Lipinski definition) is 2. The summed E-state index contributed by atoms with van der Waals surface area (Å²) in [7, 11) is 1.22. The Morgan fingerprint density at radius 1 is 1.06 bits per heavy atom. The lowest BCUT2D eigenvalue weighted by Gasteiger charge is -2.37. The summed E-state index contributed by atoms with van der Waals surface area (Å²) in [4.78, 5) is 28.0. The number of rotatable bonds is 6. The summed E-state index contributed by atoms with van der Waals surface area (Å²) in [5.41, 5.74) is -3.30. The van der Waals surface area contributed by atoms with Crippen molar-refractivity contribution in [3.63, 3.8) is 0 Å². The molecule has 0 saturated carbocycles. The third kappa shape index (κ3) is 5.42. The number of carbonyl (C=O) groups excluding carboxylic acids is 2. The molecule has 0 aliphatic heterocycles. The monoisotopic (exact) mass is 526 g/mol. The van der Waals surface area contributed by atoms with Crippen LogP contribution >= 0.6 is 23.2 Å². The first-order valence-electron chi connectivity index (χ1n) is 10.1.